The van der Waals surface area contributed by atoms with E-state index >= 15 is 0 Å². The molecule has 0 aromatic rings. The SMILES string of the molecule is CNN1CCC2(CCCN2)CC1. The summed E-state index contributed by atoms with van der Waals surface area (Å²) < 4.78 is 0. The Labute approximate surface area is 74.5 Å². The van der Waals surface area contributed by atoms with Crippen molar-refractivity contribution in [2.75, 3.05) is 26.7 Å². The van der Waals surface area contributed by atoms with Gasteiger partial charge in [-0.1, -0.05) is 0 Å². The number of nitrogens with one attached hydrogen (secondary N) is 2. The highest BCUT2D eigenvalue weighted by Gasteiger charge is 2.36. The molecule has 1 spiro atoms. The summed E-state index contributed by atoms with van der Waals surface area (Å²) in [7, 11) is 2.01. The van der Waals surface area contributed by atoms with Crippen molar-refractivity contribution in [2.45, 2.75) is 31.2 Å². The van der Waals surface area contributed by atoms with Crippen molar-refractivity contribution >= 4 is 0 Å². The van der Waals surface area contributed by atoms with Crippen LogP contribution in [0.25, 0.3) is 0 Å². The molecule has 0 aromatic heterocycles. The first-order chi connectivity index (χ1) is 5.85. The second-order valence-corrected chi connectivity index (χ2v) is 4.02. The van der Waals surface area contributed by atoms with Gasteiger partial charge in [-0.3, -0.25) is 5.43 Å². The van der Waals surface area contributed by atoms with Crippen molar-refractivity contribution in [3.05, 3.63) is 0 Å². The molecule has 2 aliphatic rings. The smallest absolute Gasteiger partial charge is 0.0207 e. The van der Waals surface area contributed by atoms with E-state index in [0.29, 0.717) is 5.54 Å². The summed E-state index contributed by atoms with van der Waals surface area (Å²) >= 11 is 0. The molecule has 0 aromatic carbocycles. The van der Waals surface area contributed by atoms with Crippen molar-refractivity contribution in [3.8, 4) is 0 Å². The Kier molecular flexibility index (Phi) is 2.35. The normalized spacial score (nSPS) is 29.8. The minimum Gasteiger partial charge on any atom is -0.311 e. The Bertz CT molecular complexity index is 142. The summed E-state index contributed by atoms with van der Waals surface area (Å²) in [6.07, 6.45) is 5.39. The zero-order valence-corrected chi connectivity index (χ0v) is 7.90. The molecule has 0 bridgehead atoms. The molecule has 2 saturated heterocycles. The lowest BCUT2D eigenvalue weighted by atomic mass is 9.87. The number of piperidine rings is 1. The highest BCUT2D eigenvalue weighted by Crippen LogP contribution is 2.29. The molecule has 3 nitrogen and oxygen atoms in total. The van der Waals surface area contributed by atoms with Gasteiger partial charge in [0.1, 0.15) is 0 Å². The van der Waals surface area contributed by atoms with Gasteiger partial charge in [0.2, 0.25) is 0 Å². The average Bonchev–Trinajstić information content (AvgIpc) is 2.55. The molecule has 0 unspecified atom stereocenters. The highest BCUT2D eigenvalue weighted by atomic mass is 15.5. The number of hydrogen-bond donors (Lipinski definition) is 2. The van der Waals surface area contributed by atoms with E-state index in [1.54, 1.807) is 0 Å². The molecule has 0 saturated carbocycles. The predicted octanol–water partition coefficient (Wildman–Crippen LogP) is 0.339. The van der Waals surface area contributed by atoms with Crippen LogP contribution in [0.1, 0.15) is 25.7 Å². The van der Waals surface area contributed by atoms with Crippen LogP contribution >= 0.6 is 0 Å². The summed E-state index contributed by atoms with van der Waals surface area (Å²) in [4.78, 5) is 0. The van der Waals surface area contributed by atoms with E-state index in [1.165, 1.54) is 45.3 Å². The van der Waals surface area contributed by atoms with Crippen LogP contribution < -0.4 is 10.7 Å². The maximum atomic E-state index is 3.66. The lowest BCUT2D eigenvalue weighted by Crippen LogP contribution is -2.52. The summed E-state index contributed by atoms with van der Waals surface area (Å²) in [5, 5.41) is 5.97. The van der Waals surface area contributed by atoms with Gasteiger partial charge in [-0.05, 0) is 39.3 Å². The standard InChI is InChI=1S/C9H19N3/c1-10-12-7-4-9(5-8-12)3-2-6-11-9/h10-11H,2-8H2,1H3. The van der Waals surface area contributed by atoms with E-state index < -0.39 is 0 Å². The molecule has 2 N–H and O–H groups in total. The first-order valence-electron chi connectivity index (χ1n) is 5.02. The Morgan fingerprint density at radius 1 is 1.25 bits per heavy atom. The van der Waals surface area contributed by atoms with Crippen molar-refractivity contribution in [1.29, 1.82) is 0 Å². The number of rotatable bonds is 1. The molecular formula is C9H19N3. The Morgan fingerprint density at radius 3 is 2.50 bits per heavy atom. The molecule has 2 aliphatic heterocycles. The van der Waals surface area contributed by atoms with E-state index in [0.717, 1.165) is 0 Å². The maximum absolute atomic E-state index is 3.66. The molecule has 0 aliphatic carbocycles. The van der Waals surface area contributed by atoms with Gasteiger partial charge in [-0.15, -0.1) is 0 Å². The summed E-state index contributed by atoms with van der Waals surface area (Å²) in [5.74, 6) is 0. The van der Waals surface area contributed by atoms with Gasteiger partial charge in [0, 0.05) is 18.6 Å². The van der Waals surface area contributed by atoms with Gasteiger partial charge in [0.05, 0.1) is 0 Å². The summed E-state index contributed by atoms with van der Waals surface area (Å²) in [6, 6.07) is 0. The lowest BCUT2D eigenvalue weighted by Gasteiger charge is -2.39. The van der Waals surface area contributed by atoms with Crippen molar-refractivity contribution in [3.63, 3.8) is 0 Å². The second-order valence-electron chi connectivity index (χ2n) is 4.02. The molecule has 0 amide bonds. The topological polar surface area (TPSA) is 27.3 Å². The van der Waals surface area contributed by atoms with Crippen LogP contribution in [0.2, 0.25) is 0 Å². The third-order valence-electron chi connectivity index (χ3n) is 3.37. The predicted molar refractivity (Wildman–Crippen MR) is 49.8 cm³/mol. The fourth-order valence-corrected chi connectivity index (χ4v) is 2.45. The first kappa shape index (κ1) is 8.48. The van der Waals surface area contributed by atoms with Gasteiger partial charge in [-0.25, -0.2) is 5.01 Å². The van der Waals surface area contributed by atoms with Crippen LogP contribution in [0.5, 0.6) is 0 Å². The number of hydrazine groups is 1. The van der Waals surface area contributed by atoms with E-state index in [-0.39, 0.29) is 0 Å². The fourth-order valence-electron chi connectivity index (χ4n) is 2.45. The molecule has 70 valence electrons. The molecule has 3 heteroatoms. The van der Waals surface area contributed by atoms with E-state index in [2.05, 4.69) is 15.8 Å². The van der Waals surface area contributed by atoms with Gasteiger partial charge in [-0.2, -0.15) is 0 Å². The number of nitrogens with zero attached hydrogens (tertiary/aromatic N) is 1. The molecular weight excluding hydrogens is 150 g/mol. The molecule has 12 heavy (non-hydrogen) atoms. The minimum atomic E-state index is 0.521. The van der Waals surface area contributed by atoms with Gasteiger partial charge < -0.3 is 5.32 Å². The fraction of sp³-hybridized carbons (Fsp3) is 1.00. The van der Waals surface area contributed by atoms with Gasteiger partial charge >= 0.3 is 0 Å². The number of hydrogen-bond acceptors (Lipinski definition) is 3. The monoisotopic (exact) mass is 169 g/mol. The largest absolute Gasteiger partial charge is 0.311 e. The van der Waals surface area contributed by atoms with E-state index in [9.17, 15) is 0 Å². The van der Waals surface area contributed by atoms with Crippen LogP contribution in [-0.2, 0) is 0 Å². The van der Waals surface area contributed by atoms with Crippen LogP contribution in [-0.4, -0.2) is 37.2 Å². The van der Waals surface area contributed by atoms with Crippen LogP contribution in [0.4, 0.5) is 0 Å². The zero-order chi connectivity index (χ0) is 8.44. The van der Waals surface area contributed by atoms with Crippen LogP contribution in [0.3, 0.4) is 0 Å². The zero-order valence-electron chi connectivity index (χ0n) is 7.90. The average molecular weight is 169 g/mol. The molecule has 2 rings (SSSR count). The summed E-state index contributed by atoms with van der Waals surface area (Å²) in [5.41, 5.74) is 3.74. The van der Waals surface area contributed by atoms with Gasteiger partial charge in [0.15, 0.2) is 0 Å². The summed E-state index contributed by atoms with van der Waals surface area (Å²) in [6.45, 7) is 3.63. The lowest BCUT2D eigenvalue weighted by molar-refractivity contribution is 0.111. The second kappa shape index (κ2) is 3.32. The Hall–Kier alpha value is -0.120. The van der Waals surface area contributed by atoms with Crippen molar-refractivity contribution in [1.82, 2.24) is 15.8 Å². The van der Waals surface area contributed by atoms with Crippen LogP contribution in [0.15, 0.2) is 0 Å². The molecule has 2 fully saturated rings. The molecule has 0 radical (unpaired) electrons. The highest BCUT2D eigenvalue weighted by molar-refractivity contribution is 4.96. The van der Waals surface area contributed by atoms with E-state index in [1.807, 2.05) is 7.05 Å². The van der Waals surface area contributed by atoms with Gasteiger partial charge in [0.25, 0.3) is 0 Å². The third kappa shape index (κ3) is 1.49. The van der Waals surface area contributed by atoms with Crippen molar-refractivity contribution in [2.24, 2.45) is 0 Å². The van der Waals surface area contributed by atoms with Crippen molar-refractivity contribution < 1.29 is 0 Å². The molecule has 2 heterocycles. The van der Waals surface area contributed by atoms with E-state index in [4.69, 9.17) is 0 Å². The quantitative estimate of drug-likeness (QED) is 0.592. The Morgan fingerprint density at radius 2 is 2.00 bits per heavy atom. The third-order valence-corrected chi connectivity index (χ3v) is 3.37. The van der Waals surface area contributed by atoms with Crippen LogP contribution in [0, 0.1) is 0 Å². The first-order valence-corrected chi connectivity index (χ1v) is 5.02. The Balaban J connectivity index is 1.88. The molecule has 0 atom stereocenters. The minimum absolute atomic E-state index is 0.521. The maximum Gasteiger partial charge on any atom is 0.0207 e.